The molecule has 5 nitrogen and oxygen atoms in total. The molecule has 0 fully saturated rings. The van der Waals surface area contributed by atoms with Crippen LogP contribution >= 0.6 is 24.0 Å². The molecule has 3 aromatic rings. The Bertz CT molecular complexity index is 871. The molecule has 0 spiro atoms. The van der Waals surface area contributed by atoms with Crippen LogP contribution in [0.1, 0.15) is 30.9 Å². The zero-order valence-corrected chi connectivity index (χ0v) is 18.0. The first-order valence-electron chi connectivity index (χ1n) is 8.87. The predicted octanol–water partition coefficient (Wildman–Crippen LogP) is 4.58. The van der Waals surface area contributed by atoms with E-state index in [1.165, 1.54) is 5.56 Å². The monoisotopic (exact) mass is 475 g/mol. The number of aromatic nitrogens is 2. The van der Waals surface area contributed by atoms with Gasteiger partial charge in [-0.05, 0) is 47.7 Å². The van der Waals surface area contributed by atoms with Crippen LogP contribution in [-0.4, -0.2) is 22.3 Å². The highest BCUT2D eigenvalue weighted by Gasteiger charge is 2.02. The normalized spacial score (nSPS) is 11.3. The molecule has 3 rings (SSSR count). The highest BCUT2D eigenvalue weighted by atomic mass is 127. The Morgan fingerprint density at radius 2 is 1.93 bits per heavy atom. The summed E-state index contributed by atoms with van der Waals surface area (Å²) in [6, 6.07) is 18.3. The van der Waals surface area contributed by atoms with E-state index in [-0.39, 0.29) is 24.0 Å². The molecule has 0 aliphatic heterocycles. The summed E-state index contributed by atoms with van der Waals surface area (Å²) in [5, 5.41) is 7.56. The lowest BCUT2D eigenvalue weighted by atomic mass is 10.0. The average Bonchev–Trinajstić information content (AvgIpc) is 3.11. The molecule has 142 valence electrons. The van der Waals surface area contributed by atoms with E-state index in [1.54, 1.807) is 0 Å². The van der Waals surface area contributed by atoms with Crippen LogP contribution in [0.25, 0.3) is 5.69 Å². The molecule has 0 aliphatic carbocycles. The molecule has 0 saturated carbocycles. The van der Waals surface area contributed by atoms with E-state index in [0.717, 1.165) is 23.4 Å². The standard InChI is InChI=1S/C21H25N5.HI/c1-16(2)18-7-6-8-19(13-18)25-21(22)23-12-11-17-14-24-26(15-17)20-9-4-3-5-10-20;/h3-10,13-16H,11-12H2,1-2H3,(H3,22,23,25);1H. The summed E-state index contributed by atoms with van der Waals surface area (Å²) in [6.45, 7) is 4.96. The lowest BCUT2D eigenvalue weighted by Gasteiger charge is -2.09. The van der Waals surface area contributed by atoms with Crippen molar-refractivity contribution in [3.8, 4) is 5.69 Å². The number of benzene rings is 2. The van der Waals surface area contributed by atoms with Crippen molar-refractivity contribution in [1.82, 2.24) is 9.78 Å². The van der Waals surface area contributed by atoms with E-state index in [2.05, 4.69) is 41.4 Å². The lowest BCUT2D eigenvalue weighted by Crippen LogP contribution is -2.23. The minimum Gasteiger partial charge on any atom is -0.370 e. The molecule has 1 heterocycles. The third-order valence-corrected chi connectivity index (χ3v) is 4.17. The molecule has 0 unspecified atom stereocenters. The van der Waals surface area contributed by atoms with Crippen molar-refractivity contribution in [2.45, 2.75) is 26.2 Å². The van der Waals surface area contributed by atoms with E-state index < -0.39 is 0 Å². The minimum atomic E-state index is 0. The van der Waals surface area contributed by atoms with Crippen molar-refractivity contribution in [2.75, 3.05) is 11.9 Å². The largest absolute Gasteiger partial charge is 0.370 e. The van der Waals surface area contributed by atoms with Gasteiger partial charge in [-0.1, -0.05) is 44.2 Å². The Balaban J connectivity index is 0.00000261. The second kappa shape index (κ2) is 10.1. The van der Waals surface area contributed by atoms with E-state index in [1.807, 2.05) is 59.5 Å². The Kier molecular flexibility index (Phi) is 7.84. The molecule has 0 saturated heterocycles. The van der Waals surface area contributed by atoms with Gasteiger partial charge in [-0.3, -0.25) is 4.99 Å². The van der Waals surface area contributed by atoms with E-state index in [0.29, 0.717) is 18.4 Å². The SMILES string of the molecule is CC(C)c1cccc(NC(N)=NCCc2cnn(-c3ccccc3)c2)c1.I. The van der Waals surface area contributed by atoms with Gasteiger partial charge < -0.3 is 11.1 Å². The maximum atomic E-state index is 6.01. The second-order valence-electron chi connectivity index (χ2n) is 6.55. The number of aliphatic imine (C=N–C) groups is 1. The zero-order chi connectivity index (χ0) is 18.4. The average molecular weight is 475 g/mol. The van der Waals surface area contributed by atoms with Crippen molar-refractivity contribution in [1.29, 1.82) is 0 Å². The molecule has 3 N–H and O–H groups in total. The number of anilines is 1. The maximum Gasteiger partial charge on any atom is 0.193 e. The fraction of sp³-hybridized carbons (Fsp3) is 0.238. The van der Waals surface area contributed by atoms with Crippen molar-refractivity contribution in [3.05, 3.63) is 78.1 Å². The highest BCUT2D eigenvalue weighted by molar-refractivity contribution is 14.0. The van der Waals surface area contributed by atoms with Crippen molar-refractivity contribution in [3.63, 3.8) is 0 Å². The fourth-order valence-electron chi connectivity index (χ4n) is 2.68. The van der Waals surface area contributed by atoms with Crippen LogP contribution in [0.5, 0.6) is 0 Å². The van der Waals surface area contributed by atoms with Crippen LogP contribution < -0.4 is 11.1 Å². The fourth-order valence-corrected chi connectivity index (χ4v) is 2.68. The molecular formula is C21H26IN5. The van der Waals surface area contributed by atoms with Crippen LogP contribution in [0.4, 0.5) is 5.69 Å². The van der Waals surface area contributed by atoms with Gasteiger partial charge in [0.25, 0.3) is 0 Å². The molecule has 0 aliphatic rings. The molecule has 0 amide bonds. The Labute approximate surface area is 177 Å². The maximum absolute atomic E-state index is 6.01. The van der Waals surface area contributed by atoms with Gasteiger partial charge in [0.05, 0.1) is 11.9 Å². The van der Waals surface area contributed by atoms with Crippen LogP contribution in [0, 0.1) is 0 Å². The molecule has 2 aromatic carbocycles. The molecule has 0 bridgehead atoms. The molecule has 6 heteroatoms. The van der Waals surface area contributed by atoms with E-state index in [4.69, 9.17) is 5.73 Å². The van der Waals surface area contributed by atoms with Crippen LogP contribution in [0.3, 0.4) is 0 Å². The molecule has 0 atom stereocenters. The van der Waals surface area contributed by atoms with E-state index in [9.17, 15) is 0 Å². The first kappa shape index (κ1) is 21.0. The van der Waals surface area contributed by atoms with Crippen LogP contribution in [-0.2, 0) is 6.42 Å². The predicted molar refractivity (Wildman–Crippen MR) is 123 cm³/mol. The molecular weight excluding hydrogens is 449 g/mol. The highest BCUT2D eigenvalue weighted by Crippen LogP contribution is 2.18. The summed E-state index contributed by atoms with van der Waals surface area (Å²) in [7, 11) is 0. The molecule has 1 aromatic heterocycles. The van der Waals surface area contributed by atoms with Gasteiger partial charge in [0.1, 0.15) is 0 Å². The van der Waals surface area contributed by atoms with Gasteiger partial charge in [0, 0.05) is 18.4 Å². The first-order valence-corrected chi connectivity index (χ1v) is 8.87. The van der Waals surface area contributed by atoms with Gasteiger partial charge in [0.15, 0.2) is 5.96 Å². The summed E-state index contributed by atoms with van der Waals surface area (Å²) in [5.41, 5.74) is 10.4. The Morgan fingerprint density at radius 1 is 1.15 bits per heavy atom. The van der Waals surface area contributed by atoms with Crippen molar-refractivity contribution in [2.24, 2.45) is 10.7 Å². The van der Waals surface area contributed by atoms with Crippen molar-refractivity contribution >= 4 is 35.6 Å². The Morgan fingerprint density at radius 3 is 2.67 bits per heavy atom. The van der Waals surface area contributed by atoms with Gasteiger partial charge in [-0.15, -0.1) is 24.0 Å². The summed E-state index contributed by atoms with van der Waals surface area (Å²) < 4.78 is 1.87. The topological polar surface area (TPSA) is 68.2 Å². The van der Waals surface area contributed by atoms with Gasteiger partial charge in [-0.2, -0.15) is 5.10 Å². The summed E-state index contributed by atoms with van der Waals surface area (Å²) in [4.78, 5) is 4.42. The smallest absolute Gasteiger partial charge is 0.193 e. The number of guanidine groups is 1. The summed E-state index contributed by atoms with van der Waals surface area (Å²) >= 11 is 0. The zero-order valence-electron chi connectivity index (χ0n) is 15.7. The number of nitrogens with two attached hydrogens (primary N) is 1. The number of nitrogens with one attached hydrogen (secondary N) is 1. The third-order valence-electron chi connectivity index (χ3n) is 4.17. The van der Waals surface area contributed by atoms with Gasteiger partial charge >= 0.3 is 0 Å². The van der Waals surface area contributed by atoms with Gasteiger partial charge in [-0.25, -0.2) is 4.68 Å². The first-order chi connectivity index (χ1) is 12.6. The number of hydrogen-bond donors (Lipinski definition) is 2. The third kappa shape index (κ3) is 6.09. The van der Waals surface area contributed by atoms with E-state index >= 15 is 0 Å². The summed E-state index contributed by atoms with van der Waals surface area (Å²) in [6.07, 6.45) is 4.69. The number of rotatable bonds is 6. The molecule has 27 heavy (non-hydrogen) atoms. The summed E-state index contributed by atoms with van der Waals surface area (Å²) in [5.74, 6) is 0.914. The van der Waals surface area contributed by atoms with Crippen LogP contribution in [0.2, 0.25) is 0 Å². The quantitative estimate of drug-likeness (QED) is 0.312. The number of hydrogen-bond acceptors (Lipinski definition) is 2. The Hall–Kier alpha value is -2.35. The number of para-hydroxylation sites is 1. The molecule has 0 radical (unpaired) electrons. The number of nitrogens with zero attached hydrogens (tertiary/aromatic N) is 3. The lowest BCUT2D eigenvalue weighted by molar-refractivity contribution is 0.867. The van der Waals surface area contributed by atoms with Gasteiger partial charge in [0.2, 0.25) is 0 Å². The van der Waals surface area contributed by atoms with Crippen molar-refractivity contribution < 1.29 is 0 Å². The number of halogens is 1. The minimum absolute atomic E-state index is 0. The second-order valence-corrected chi connectivity index (χ2v) is 6.55. The van der Waals surface area contributed by atoms with Crippen LogP contribution in [0.15, 0.2) is 72.0 Å².